The van der Waals surface area contributed by atoms with Crippen LogP contribution in [0.1, 0.15) is 37.7 Å². The number of hydrogen-bond acceptors (Lipinski definition) is 3. The number of imidazole rings is 1. The molecule has 0 saturated carbocycles. The molecule has 2 atom stereocenters. The topological polar surface area (TPSA) is 78.1 Å². The Hall–Kier alpha value is -3.15. The largest absolute Gasteiger partial charge is 0.346 e. The van der Waals surface area contributed by atoms with Crippen LogP contribution in [0.5, 0.6) is 0 Å². The highest BCUT2D eigenvalue weighted by atomic mass is 16.2. The first kappa shape index (κ1) is 19.2. The second kappa shape index (κ2) is 8.07. The summed E-state index contributed by atoms with van der Waals surface area (Å²) < 4.78 is 0. The first-order valence-corrected chi connectivity index (χ1v) is 10.1. The molecule has 0 aliphatic carbocycles. The Kier molecular flexibility index (Phi) is 5.34. The molecule has 2 aromatic carbocycles. The second-order valence-corrected chi connectivity index (χ2v) is 8.03. The number of hydrogen-bond donors (Lipinski definition) is 2. The highest BCUT2D eigenvalue weighted by molar-refractivity contribution is 5.89. The summed E-state index contributed by atoms with van der Waals surface area (Å²) in [6.07, 6.45) is 0.254. The first-order chi connectivity index (χ1) is 14.0. The van der Waals surface area contributed by atoms with E-state index in [2.05, 4.69) is 29.1 Å². The Labute approximate surface area is 170 Å². The van der Waals surface area contributed by atoms with E-state index in [1.54, 1.807) is 4.90 Å². The molecule has 2 amide bonds. The number of benzene rings is 2. The lowest BCUT2D eigenvalue weighted by Crippen LogP contribution is -2.38. The van der Waals surface area contributed by atoms with Gasteiger partial charge in [-0.15, -0.1) is 0 Å². The zero-order valence-electron chi connectivity index (χ0n) is 16.8. The third kappa shape index (κ3) is 4.16. The maximum Gasteiger partial charge on any atom is 0.226 e. The van der Waals surface area contributed by atoms with E-state index in [1.165, 1.54) is 0 Å². The molecule has 1 aliphatic rings. The fraction of sp³-hybridized carbons (Fsp3) is 0.348. The Morgan fingerprint density at radius 2 is 1.90 bits per heavy atom. The number of amides is 2. The summed E-state index contributed by atoms with van der Waals surface area (Å²) in [7, 11) is 0. The van der Waals surface area contributed by atoms with Crippen molar-refractivity contribution < 1.29 is 9.59 Å². The molecule has 4 rings (SSSR count). The van der Waals surface area contributed by atoms with Crippen molar-refractivity contribution in [2.45, 2.75) is 32.9 Å². The van der Waals surface area contributed by atoms with Crippen molar-refractivity contribution >= 4 is 22.8 Å². The maximum absolute atomic E-state index is 13.0. The Bertz CT molecular complexity index is 979. The van der Waals surface area contributed by atoms with Gasteiger partial charge in [0.1, 0.15) is 5.82 Å². The van der Waals surface area contributed by atoms with Gasteiger partial charge in [-0.2, -0.15) is 0 Å². The quantitative estimate of drug-likeness (QED) is 0.677. The van der Waals surface area contributed by atoms with Gasteiger partial charge >= 0.3 is 0 Å². The molecule has 1 saturated heterocycles. The Morgan fingerprint density at radius 1 is 1.17 bits per heavy atom. The molecule has 1 aromatic heterocycles. The summed E-state index contributed by atoms with van der Waals surface area (Å²) in [5.41, 5.74) is 2.91. The van der Waals surface area contributed by atoms with Crippen LogP contribution in [0.3, 0.4) is 0 Å². The lowest BCUT2D eigenvalue weighted by molar-refractivity contribution is -0.129. The first-order valence-electron chi connectivity index (χ1n) is 10.1. The number of carbonyl (C=O) groups is 2. The van der Waals surface area contributed by atoms with Crippen molar-refractivity contribution in [3.63, 3.8) is 0 Å². The van der Waals surface area contributed by atoms with Gasteiger partial charge in [-0.3, -0.25) is 9.59 Å². The van der Waals surface area contributed by atoms with E-state index < -0.39 is 0 Å². The van der Waals surface area contributed by atoms with Gasteiger partial charge in [-0.1, -0.05) is 56.3 Å². The van der Waals surface area contributed by atoms with Gasteiger partial charge in [0, 0.05) is 19.5 Å². The van der Waals surface area contributed by atoms with Gasteiger partial charge in [-0.25, -0.2) is 4.98 Å². The molecular weight excluding hydrogens is 364 g/mol. The fourth-order valence-electron chi connectivity index (χ4n) is 3.85. The minimum Gasteiger partial charge on any atom is -0.346 e. The van der Waals surface area contributed by atoms with Gasteiger partial charge in [0.25, 0.3) is 0 Å². The van der Waals surface area contributed by atoms with Crippen molar-refractivity contribution in [3.05, 3.63) is 66.0 Å². The summed E-state index contributed by atoms with van der Waals surface area (Å²) in [5.74, 6) is 0.515. The van der Waals surface area contributed by atoms with Gasteiger partial charge in [0.15, 0.2) is 0 Å². The number of aromatic amines is 1. The molecule has 1 aliphatic heterocycles. The average Bonchev–Trinajstić information content (AvgIpc) is 3.30. The van der Waals surface area contributed by atoms with E-state index in [9.17, 15) is 9.59 Å². The number of aromatic nitrogens is 2. The zero-order chi connectivity index (χ0) is 20.4. The lowest BCUT2D eigenvalue weighted by atomic mass is 10.0. The van der Waals surface area contributed by atoms with E-state index in [0.717, 1.165) is 22.4 Å². The van der Waals surface area contributed by atoms with Crippen LogP contribution in [0.2, 0.25) is 0 Å². The Morgan fingerprint density at radius 3 is 2.62 bits per heavy atom. The average molecular weight is 390 g/mol. The van der Waals surface area contributed by atoms with Crippen molar-refractivity contribution in [1.29, 1.82) is 0 Å². The minimum atomic E-state index is -0.336. The zero-order valence-corrected chi connectivity index (χ0v) is 16.8. The maximum atomic E-state index is 13.0. The molecule has 2 N–H and O–H groups in total. The van der Waals surface area contributed by atoms with Gasteiger partial charge in [0.05, 0.1) is 23.0 Å². The highest BCUT2D eigenvalue weighted by Crippen LogP contribution is 2.25. The molecular formula is C23H26N4O2. The van der Waals surface area contributed by atoms with E-state index >= 15 is 0 Å². The molecule has 29 heavy (non-hydrogen) atoms. The summed E-state index contributed by atoms with van der Waals surface area (Å²) in [6, 6.07) is 17.5. The van der Waals surface area contributed by atoms with Crippen LogP contribution < -0.4 is 5.32 Å². The predicted molar refractivity (Wildman–Crippen MR) is 112 cm³/mol. The van der Waals surface area contributed by atoms with Gasteiger partial charge < -0.3 is 15.2 Å². The van der Waals surface area contributed by atoms with Crippen LogP contribution in [0.15, 0.2) is 54.6 Å². The van der Waals surface area contributed by atoms with E-state index in [4.69, 9.17) is 0 Å². The van der Waals surface area contributed by atoms with Gasteiger partial charge in [0.2, 0.25) is 11.8 Å². The summed E-state index contributed by atoms with van der Waals surface area (Å²) in [6.45, 7) is 5.10. The van der Waals surface area contributed by atoms with Crippen LogP contribution in [0.25, 0.3) is 11.0 Å². The van der Waals surface area contributed by atoms with Crippen LogP contribution in [0, 0.1) is 11.8 Å². The van der Waals surface area contributed by atoms with Crippen LogP contribution in [0.4, 0.5) is 0 Å². The number of fused-ring (bicyclic) bond motifs is 1. The molecule has 6 heteroatoms. The predicted octanol–water partition coefficient (Wildman–Crippen LogP) is 3.42. The third-order valence-electron chi connectivity index (χ3n) is 5.47. The van der Waals surface area contributed by atoms with Crippen molar-refractivity contribution in [2.75, 3.05) is 6.54 Å². The van der Waals surface area contributed by atoms with E-state index in [1.807, 2.05) is 54.6 Å². The van der Waals surface area contributed by atoms with Crippen molar-refractivity contribution in [1.82, 2.24) is 20.2 Å². The van der Waals surface area contributed by atoms with Crippen LogP contribution in [-0.2, 0) is 16.1 Å². The smallest absolute Gasteiger partial charge is 0.226 e. The van der Waals surface area contributed by atoms with Crippen molar-refractivity contribution in [3.8, 4) is 0 Å². The van der Waals surface area contributed by atoms with Crippen molar-refractivity contribution in [2.24, 2.45) is 11.8 Å². The number of likely N-dealkylation sites (tertiary alicyclic amines) is 1. The number of nitrogens with zero attached hydrogens (tertiary/aromatic N) is 2. The van der Waals surface area contributed by atoms with E-state index in [-0.39, 0.29) is 36.1 Å². The Balaban J connectivity index is 1.45. The molecule has 0 unspecified atom stereocenters. The summed E-state index contributed by atoms with van der Waals surface area (Å²) in [4.78, 5) is 35.1. The molecule has 0 bridgehead atoms. The third-order valence-corrected chi connectivity index (χ3v) is 5.47. The van der Waals surface area contributed by atoms with Crippen LogP contribution in [-0.4, -0.2) is 33.2 Å². The molecule has 150 valence electrons. The molecule has 2 heterocycles. The molecule has 0 spiro atoms. The number of nitrogens with one attached hydrogen (secondary N) is 2. The molecule has 6 nitrogen and oxygen atoms in total. The van der Waals surface area contributed by atoms with E-state index in [0.29, 0.717) is 13.1 Å². The number of H-pyrrole nitrogens is 1. The lowest BCUT2D eigenvalue weighted by Gasteiger charge is -2.22. The monoisotopic (exact) mass is 390 g/mol. The normalized spacial score (nSPS) is 17.8. The second-order valence-electron chi connectivity index (χ2n) is 8.03. The number of carbonyl (C=O) groups excluding carboxylic acids is 2. The number of rotatable bonds is 6. The number of para-hydroxylation sites is 2. The minimum absolute atomic E-state index is 0.0267. The fourth-order valence-corrected chi connectivity index (χ4v) is 3.85. The summed E-state index contributed by atoms with van der Waals surface area (Å²) >= 11 is 0. The molecule has 0 radical (unpaired) electrons. The standard InChI is InChI=1S/C23H26N4O2/c1-15(2)21(22-24-18-10-6-7-11-19(18)25-22)26-23(29)17-12-20(28)27(14-17)13-16-8-4-3-5-9-16/h3-11,15,17,21H,12-14H2,1-2H3,(H,24,25)(H,26,29)/t17-,21-/m0/s1. The molecule has 3 aromatic rings. The molecule has 1 fully saturated rings. The SMILES string of the molecule is CC(C)[C@H](NC(=O)[C@H]1CC(=O)N(Cc2ccccc2)C1)c1nc2ccccc2[nH]1. The summed E-state index contributed by atoms with van der Waals surface area (Å²) in [5, 5.41) is 3.13. The van der Waals surface area contributed by atoms with Crippen LogP contribution >= 0.6 is 0 Å². The highest BCUT2D eigenvalue weighted by Gasteiger charge is 2.35. The van der Waals surface area contributed by atoms with Gasteiger partial charge in [-0.05, 0) is 23.6 Å².